The monoisotopic (exact) mass is 349 g/mol. The Labute approximate surface area is 129 Å². The van der Waals surface area contributed by atoms with E-state index in [0.717, 1.165) is 10.2 Å². The third-order valence-corrected chi connectivity index (χ3v) is 3.18. The van der Waals surface area contributed by atoms with Gasteiger partial charge in [-0.2, -0.15) is 5.10 Å². The number of nitrogens with one attached hydrogen (secondary N) is 1. The van der Waals surface area contributed by atoms with Gasteiger partial charge >= 0.3 is 5.69 Å². The van der Waals surface area contributed by atoms with E-state index in [2.05, 4.69) is 26.5 Å². The van der Waals surface area contributed by atoms with Crippen LogP contribution in [0.4, 0.5) is 11.4 Å². The first kappa shape index (κ1) is 15.0. The van der Waals surface area contributed by atoms with Gasteiger partial charge in [-0.25, -0.2) is 0 Å². The van der Waals surface area contributed by atoms with Crippen molar-refractivity contribution in [3.05, 3.63) is 62.6 Å². The zero-order valence-electron chi connectivity index (χ0n) is 11.1. The Bertz CT molecular complexity index is 672. The number of rotatable bonds is 5. The van der Waals surface area contributed by atoms with Crippen LogP contribution in [-0.4, -0.2) is 18.2 Å². The van der Waals surface area contributed by atoms with Crippen molar-refractivity contribution < 1.29 is 9.66 Å². The van der Waals surface area contributed by atoms with Crippen molar-refractivity contribution in [3.63, 3.8) is 0 Å². The molecule has 0 fully saturated rings. The average molecular weight is 350 g/mol. The number of anilines is 1. The molecule has 0 amide bonds. The Morgan fingerprint density at radius 1 is 1.29 bits per heavy atom. The third kappa shape index (κ3) is 4.03. The maximum atomic E-state index is 10.9. The highest BCUT2D eigenvalue weighted by molar-refractivity contribution is 9.10. The molecule has 6 nitrogen and oxygen atoms in total. The molecule has 2 rings (SSSR count). The highest BCUT2D eigenvalue weighted by Gasteiger charge is 2.14. The maximum absolute atomic E-state index is 10.9. The summed E-state index contributed by atoms with van der Waals surface area (Å²) in [5.41, 5.74) is 4.17. The number of halogens is 1. The predicted molar refractivity (Wildman–Crippen MR) is 85.0 cm³/mol. The molecule has 2 aromatic carbocycles. The second-order valence-electron chi connectivity index (χ2n) is 4.07. The van der Waals surface area contributed by atoms with Gasteiger partial charge in [0.05, 0.1) is 23.9 Å². The molecule has 0 saturated heterocycles. The Kier molecular flexibility index (Phi) is 4.89. The summed E-state index contributed by atoms with van der Waals surface area (Å²) in [7, 11) is 1.39. The van der Waals surface area contributed by atoms with Gasteiger partial charge in [-0.3, -0.25) is 15.5 Å². The van der Waals surface area contributed by atoms with Crippen LogP contribution in [0.1, 0.15) is 5.56 Å². The van der Waals surface area contributed by atoms with Crippen molar-refractivity contribution in [1.82, 2.24) is 0 Å². The molecular weight excluding hydrogens is 338 g/mol. The number of nitro groups is 1. The quantitative estimate of drug-likeness (QED) is 0.505. The minimum atomic E-state index is -0.488. The lowest BCUT2D eigenvalue weighted by Gasteiger charge is -2.02. The molecule has 0 aliphatic heterocycles. The molecule has 0 aromatic heterocycles. The van der Waals surface area contributed by atoms with E-state index in [0.29, 0.717) is 5.56 Å². The molecule has 21 heavy (non-hydrogen) atoms. The topological polar surface area (TPSA) is 76.8 Å². The highest BCUT2D eigenvalue weighted by atomic mass is 79.9. The lowest BCUT2D eigenvalue weighted by Crippen LogP contribution is -1.96. The van der Waals surface area contributed by atoms with Crippen LogP contribution in [0.2, 0.25) is 0 Å². The second kappa shape index (κ2) is 6.85. The smallest absolute Gasteiger partial charge is 0.311 e. The Hall–Kier alpha value is -2.41. The molecule has 0 spiro atoms. The van der Waals surface area contributed by atoms with Gasteiger partial charge in [-0.15, -0.1) is 0 Å². The summed E-state index contributed by atoms with van der Waals surface area (Å²) in [6, 6.07) is 12.1. The minimum Gasteiger partial charge on any atom is -0.490 e. The van der Waals surface area contributed by atoms with Crippen molar-refractivity contribution in [3.8, 4) is 5.75 Å². The Morgan fingerprint density at radius 2 is 2.00 bits per heavy atom. The zero-order chi connectivity index (χ0) is 15.2. The van der Waals surface area contributed by atoms with Crippen LogP contribution in [-0.2, 0) is 0 Å². The summed E-state index contributed by atoms with van der Waals surface area (Å²) in [6.07, 6.45) is 1.51. The van der Waals surface area contributed by atoms with E-state index < -0.39 is 4.92 Å². The van der Waals surface area contributed by atoms with Gasteiger partial charge in [0.2, 0.25) is 0 Å². The molecule has 0 aliphatic rings. The summed E-state index contributed by atoms with van der Waals surface area (Å²) < 4.78 is 5.92. The summed E-state index contributed by atoms with van der Waals surface area (Å²) in [4.78, 5) is 10.4. The number of hydrogen-bond donors (Lipinski definition) is 1. The number of hydrogen-bond acceptors (Lipinski definition) is 5. The van der Waals surface area contributed by atoms with E-state index in [1.54, 1.807) is 12.1 Å². The van der Waals surface area contributed by atoms with E-state index in [1.165, 1.54) is 19.4 Å². The van der Waals surface area contributed by atoms with Gasteiger partial charge < -0.3 is 4.74 Å². The molecule has 2 aromatic rings. The van der Waals surface area contributed by atoms with Gasteiger partial charge in [0, 0.05) is 16.1 Å². The van der Waals surface area contributed by atoms with Crippen LogP contribution in [0.25, 0.3) is 0 Å². The molecule has 7 heteroatoms. The number of ether oxygens (including phenoxy) is 1. The van der Waals surface area contributed by atoms with E-state index in [-0.39, 0.29) is 11.4 Å². The molecule has 0 atom stereocenters. The van der Waals surface area contributed by atoms with Crippen LogP contribution in [0.15, 0.2) is 52.0 Å². The van der Waals surface area contributed by atoms with Crippen LogP contribution >= 0.6 is 15.9 Å². The summed E-state index contributed by atoms with van der Waals surface area (Å²) in [6.45, 7) is 0. The molecule has 1 N–H and O–H groups in total. The fourth-order valence-corrected chi connectivity index (χ4v) is 1.90. The molecule has 0 radical (unpaired) electrons. The molecule has 0 heterocycles. The van der Waals surface area contributed by atoms with E-state index in [4.69, 9.17) is 4.74 Å². The third-order valence-electron chi connectivity index (χ3n) is 2.65. The fraction of sp³-hybridized carbons (Fsp3) is 0.0714. The minimum absolute atomic E-state index is 0.0925. The average Bonchev–Trinajstić information content (AvgIpc) is 2.49. The summed E-state index contributed by atoms with van der Waals surface area (Å²) >= 11 is 3.34. The largest absolute Gasteiger partial charge is 0.490 e. The van der Waals surface area contributed by atoms with Gasteiger partial charge in [0.25, 0.3) is 0 Å². The SMILES string of the molecule is COc1ccc(/C=N/Nc2ccc(Br)cc2)cc1[N+](=O)[O-]. The Balaban J connectivity index is 2.12. The van der Waals surface area contributed by atoms with Crippen LogP contribution in [0, 0.1) is 10.1 Å². The van der Waals surface area contributed by atoms with Crippen molar-refractivity contribution in [2.75, 3.05) is 12.5 Å². The number of hydrazone groups is 1. The lowest BCUT2D eigenvalue weighted by molar-refractivity contribution is -0.385. The van der Waals surface area contributed by atoms with Crippen LogP contribution < -0.4 is 10.2 Å². The van der Waals surface area contributed by atoms with Crippen LogP contribution in [0.5, 0.6) is 5.75 Å². The highest BCUT2D eigenvalue weighted by Crippen LogP contribution is 2.26. The number of nitro benzene ring substituents is 1. The molecule has 0 saturated carbocycles. The van der Waals surface area contributed by atoms with Crippen molar-refractivity contribution >= 4 is 33.5 Å². The molecule has 0 bridgehead atoms. The van der Waals surface area contributed by atoms with Gasteiger partial charge in [0.1, 0.15) is 0 Å². The first-order valence-electron chi connectivity index (χ1n) is 5.97. The zero-order valence-corrected chi connectivity index (χ0v) is 12.7. The molecule has 0 aliphatic carbocycles. The van der Waals surface area contributed by atoms with Gasteiger partial charge in [-0.1, -0.05) is 15.9 Å². The summed E-state index contributed by atoms with van der Waals surface area (Å²) in [5.74, 6) is 0.220. The lowest BCUT2D eigenvalue weighted by atomic mass is 10.2. The fourth-order valence-electron chi connectivity index (χ4n) is 1.64. The number of methoxy groups -OCH3 is 1. The normalized spacial score (nSPS) is 10.6. The number of nitrogens with zero attached hydrogens (tertiary/aromatic N) is 2. The molecule has 108 valence electrons. The van der Waals surface area contributed by atoms with Crippen molar-refractivity contribution in [1.29, 1.82) is 0 Å². The van der Waals surface area contributed by atoms with Crippen LogP contribution in [0.3, 0.4) is 0 Å². The van der Waals surface area contributed by atoms with E-state index >= 15 is 0 Å². The van der Waals surface area contributed by atoms with Gasteiger partial charge in [-0.05, 0) is 36.4 Å². The summed E-state index contributed by atoms with van der Waals surface area (Å²) in [5, 5.41) is 15.0. The first-order chi connectivity index (χ1) is 10.1. The van der Waals surface area contributed by atoms with E-state index in [9.17, 15) is 10.1 Å². The number of benzene rings is 2. The van der Waals surface area contributed by atoms with E-state index in [1.807, 2.05) is 24.3 Å². The standard InChI is InChI=1S/C14H12BrN3O3/c1-21-14-7-2-10(8-13(14)18(19)20)9-16-17-12-5-3-11(15)4-6-12/h2-9,17H,1H3/b16-9+. The molecular formula is C14H12BrN3O3. The molecule has 0 unspecified atom stereocenters. The van der Waals surface area contributed by atoms with Gasteiger partial charge in [0.15, 0.2) is 5.75 Å². The first-order valence-corrected chi connectivity index (χ1v) is 6.76. The van der Waals surface area contributed by atoms with Crippen molar-refractivity contribution in [2.24, 2.45) is 5.10 Å². The second-order valence-corrected chi connectivity index (χ2v) is 4.98. The maximum Gasteiger partial charge on any atom is 0.311 e. The Morgan fingerprint density at radius 3 is 2.62 bits per heavy atom. The predicted octanol–water partition coefficient (Wildman–Crippen LogP) is 3.81. The van der Waals surface area contributed by atoms with Crippen molar-refractivity contribution in [2.45, 2.75) is 0 Å².